The van der Waals surface area contributed by atoms with E-state index in [4.69, 9.17) is 9.73 Å². The van der Waals surface area contributed by atoms with Gasteiger partial charge < -0.3 is 4.74 Å². The average Bonchev–Trinajstić information content (AvgIpc) is 3.15. The summed E-state index contributed by atoms with van der Waals surface area (Å²) in [5.41, 5.74) is 1.70. The molecule has 2 aromatic rings. The molecule has 1 atom stereocenters. The highest BCUT2D eigenvalue weighted by atomic mass is 32.2. The predicted molar refractivity (Wildman–Crippen MR) is 124 cm³/mol. The van der Waals surface area contributed by atoms with Crippen molar-refractivity contribution in [1.82, 2.24) is 4.90 Å². The van der Waals surface area contributed by atoms with Gasteiger partial charge in [-0.25, -0.2) is 10.0 Å². The van der Waals surface area contributed by atoms with Crippen molar-refractivity contribution in [2.75, 3.05) is 17.4 Å². The number of anilines is 1. The first kappa shape index (κ1) is 21.1. The molecule has 2 aliphatic rings. The van der Waals surface area contributed by atoms with Crippen molar-refractivity contribution in [3.63, 3.8) is 0 Å². The summed E-state index contributed by atoms with van der Waals surface area (Å²) in [4.78, 5) is 32.3. The summed E-state index contributed by atoms with van der Waals surface area (Å²) in [6.45, 7) is 4.45. The van der Waals surface area contributed by atoms with Gasteiger partial charge in [0.15, 0.2) is 5.17 Å². The van der Waals surface area contributed by atoms with Crippen LogP contribution in [0.15, 0.2) is 64.7 Å². The van der Waals surface area contributed by atoms with Crippen molar-refractivity contribution in [1.29, 1.82) is 0 Å². The minimum absolute atomic E-state index is 0.0268. The molecule has 2 aromatic carbocycles. The third kappa shape index (κ3) is 4.49. The van der Waals surface area contributed by atoms with Crippen molar-refractivity contribution >= 4 is 45.8 Å². The van der Waals surface area contributed by atoms with Crippen LogP contribution in [-0.4, -0.2) is 46.0 Å². The van der Waals surface area contributed by atoms with Crippen molar-refractivity contribution in [3.05, 3.63) is 54.6 Å². The van der Waals surface area contributed by atoms with Crippen LogP contribution >= 0.6 is 11.8 Å². The number of hydrogen-bond acceptors (Lipinski definition) is 6. The Morgan fingerprint density at radius 3 is 2.68 bits per heavy atom. The lowest BCUT2D eigenvalue weighted by Gasteiger charge is -2.27. The fraction of sp³-hybridized carbons (Fsp3) is 0.304. The molecule has 4 rings (SSSR count). The zero-order valence-electron chi connectivity index (χ0n) is 17.5. The summed E-state index contributed by atoms with van der Waals surface area (Å²) in [5.74, 6) is 1.10. The van der Waals surface area contributed by atoms with Gasteiger partial charge in [-0.2, -0.15) is 5.10 Å². The van der Waals surface area contributed by atoms with Crippen LogP contribution in [0.5, 0.6) is 5.75 Å². The molecule has 0 aliphatic carbocycles. The number of benzene rings is 2. The third-order valence-electron chi connectivity index (χ3n) is 4.98. The molecule has 0 aromatic heterocycles. The van der Waals surface area contributed by atoms with Crippen LogP contribution in [0, 0.1) is 0 Å². The monoisotopic (exact) mass is 436 g/mol. The van der Waals surface area contributed by atoms with Gasteiger partial charge in [0.25, 0.3) is 5.91 Å². The fourth-order valence-corrected chi connectivity index (χ4v) is 4.55. The van der Waals surface area contributed by atoms with E-state index < -0.39 is 0 Å². The van der Waals surface area contributed by atoms with Gasteiger partial charge in [-0.3, -0.25) is 14.5 Å². The molecule has 0 bridgehead atoms. The second kappa shape index (κ2) is 9.34. The van der Waals surface area contributed by atoms with Crippen LogP contribution < -0.4 is 9.75 Å². The summed E-state index contributed by atoms with van der Waals surface area (Å²) in [5, 5.41) is 6.37. The smallest absolute Gasteiger partial charge is 0.276 e. The van der Waals surface area contributed by atoms with Gasteiger partial charge in [0.05, 0.1) is 12.3 Å². The van der Waals surface area contributed by atoms with Gasteiger partial charge in [0.1, 0.15) is 17.1 Å². The molecular formula is C23H24N4O3S. The van der Waals surface area contributed by atoms with Crippen LogP contribution in [0.2, 0.25) is 0 Å². The maximum Gasteiger partial charge on any atom is 0.276 e. The minimum Gasteiger partial charge on any atom is -0.492 e. The van der Waals surface area contributed by atoms with Crippen LogP contribution in [0.25, 0.3) is 0 Å². The molecule has 0 N–H and O–H groups in total. The number of hydrogen-bond donors (Lipinski definition) is 0. The molecule has 1 fully saturated rings. The van der Waals surface area contributed by atoms with Gasteiger partial charge in [-0.1, -0.05) is 42.1 Å². The standard InChI is InChI=1S/C23H24N4O3S/c1-3-30-20-12-8-7-11-18(20)24-23-26(16(2)15-31-23)22(29)19-13-14-21(28)27(25-19)17-9-5-4-6-10-17/h4-12,16H,3,13-15H2,1-2H3. The van der Waals surface area contributed by atoms with Gasteiger partial charge >= 0.3 is 0 Å². The van der Waals surface area contributed by atoms with E-state index in [1.807, 2.05) is 56.3 Å². The first-order valence-corrected chi connectivity index (χ1v) is 11.3. The van der Waals surface area contributed by atoms with E-state index in [1.54, 1.807) is 17.0 Å². The normalized spacial score (nSPS) is 20.2. The maximum atomic E-state index is 13.4. The molecule has 1 saturated heterocycles. The maximum absolute atomic E-state index is 13.4. The first-order chi connectivity index (χ1) is 15.1. The number of amides is 2. The molecule has 2 heterocycles. The van der Waals surface area contributed by atoms with E-state index in [-0.39, 0.29) is 24.3 Å². The molecule has 8 heteroatoms. The number of aliphatic imine (C=N–C) groups is 1. The van der Waals surface area contributed by atoms with E-state index >= 15 is 0 Å². The number of hydrazone groups is 1. The lowest BCUT2D eigenvalue weighted by molar-refractivity contribution is -0.121. The number of para-hydroxylation sites is 3. The summed E-state index contributed by atoms with van der Waals surface area (Å²) >= 11 is 1.53. The summed E-state index contributed by atoms with van der Waals surface area (Å²) in [6, 6.07) is 16.7. The number of thioether (sulfide) groups is 1. The summed E-state index contributed by atoms with van der Waals surface area (Å²) in [6.07, 6.45) is 0.562. The third-order valence-corrected chi connectivity index (χ3v) is 6.18. The van der Waals surface area contributed by atoms with E-state index in [0.717, 1.165) is 5.75 Å². The number of nitrogens with zero attached hydrogens (tertiary/aromatic N) is 4. The largest absolute Gasteiger partial charge is 0.492 e. The second-order valence-electron chi connectivity index (χ2n) is 7.22. The van der Waals surface area contributed by atoms with Gasteiger partial charge in [-0.05, 0) is 38.1 Å². The Morgan fingerprint density at radius 1 is 1.16 bits per heavy atom. The zero-order chi connectivity index (χ0) is 21.8. The molecule has 0 saturated carbocycles. The second-order valence-corrected chi connectivity index (χ2v) is 8.21. The van der Waals surface area contributed by atoms with Crippen LogP contribution in [0.4, 0.5) is 11.4 Å². The first-order valence-electron chi connectivity index (χ1n) is 10.3. The molecule has 1 unspecified atom stereocenters. The highest BCUT2D eigenvalue weighted by Gasteiger charge is 2.37. The Hall–Kier alpha value is -3.13. The molecule has 2 aliphatic heterocycles. The molecule has 31 heavy (non-hydrogen) atoms. The molecule has 160 valence electrons. The van der Waals surface area contributed by atoms with Gasteiger partial charge in [-0.15, -0.1) is 0 Å². The lowest BCUT2D eigenvalue weighted by atomic mass is 10.1. The zero-order valence-corrected chi connectivity index (χ0v) is 18.3. The molecule has 2 amide bonds. The Labute approximate surface area is 185 Å². The molecular weight excluding hydrogens is 412 g/mol. The number of rotatable bonds is 5. The van der Waals surface area contributed by atoms with Crippen molar-refractivity contribution in [2.24, 2.45) is 10.1 Å². The van der Waals surface area contributed by atoms with Crippen LogP contribution in [-0.2, 0) is 9.59 Å². The van der Waals surface area contributed by atoms with Crippen LogP contribution in [0.3, 0.4) is 0 Å². The molecule has 7 nitrogen and oxygen atoms in total. The molecule has 0 radical (unpaired) electrons. The lowest BCUT2D eigenvalue weighted by Crippen LogP contribution is -2.45. The SMILES string of the molecule is CCOc1ccccc1N=C1SCC(C)N1C(=O)C1=NN(c2ccccc2)C(=O)CC1. The number of ether oxygens (including phenoxy) is 1. The van der Waals surface area contributed by atoms with Crippen molar-refractivity contribution < 1.29 is 14.3 Å². The Morgan fingerprint density at radius 2 is 1.90 bits per heavy atom. The summed E-state index contributed by atoms with van der Waals surface area (Å²) < 4.78 is 5.67. The quantitative estimate of drug-likeness (QED) is 0.703. The van der Waals surface area contributed by atoms with E-state index in [0.29, 0.717) is 41.0 Å². The van der Waals surface area contributed by atoms with E-state index in [2.05, 4.69) is 5.10 Å². The summed E-state index contributed by atoms with van der Waals surface area (Å²) in [7, 11) is 0. The minimum atomic E-state index is -0.210. The average molecular weight is 437 g/mol. The number of carbonyl (C=O) groups is 2. The molecule has 0 spiro atoms. The van der Waals surface area contributed by atoms with Crippen molar-refractivity contribution in [3.8, 4) is 5.75 Å². The highest BCUT2D eigenvalue weighted by Crippen LogP contribution is 2.33. The Kier molecular flexibility index (Phi) is 6.36. The number of carbonyl (C=O) groups excluding carboxylic acids is 2. The number of amidine groups is 1. The van der Waals surface area contributed by atoms with Crippen molar-refractivity contribution in [2.45, 2.75) is 32.7 Å². The fourth-order valence-electron chi connectivity index (χ4n) is 3.45. The van der Waals surface area contributed by atoms with E-state index in [9.17, 15) is 9.59 Å². The highest BCUT2D eigenvalue weighted by molar-refractivity contribution is 8.14. The Balaban J connectivity index is 1.64. The van der Waals surface area contributed by atoms with Crippen LogP contribution in [0.1, 0.15) is 26.7 Å². The topological polar surface area (TPSA) is 74.6 Å². The van der Waals surface area contributed by atoms with Gasteiger partial charge in [0.2, 0.25) is 5.91 Å². The van der Waals surface area contributed by atoms with Gasteiger partial charge in [0, 0.05) is 24.6 Å². The predicted octanol–water partition coefficient (Wildman–Crippen LogP) is 4.22. The van der Waals surface area contributed by atoms with E-state index in [1.165, 1.54) is 16.8 Å². The Bertz CT molecular complexity index is 1040.